The molecule has 0 aromatic heterocycles. The molecule has 2 aliphatic heterocycles. The van der Waals surface area contributed by atoms with Crippen LogP contribution in [0.1, 0.15) is 12.8 Å². The van der Waals surface area contributed by atoms with E-state index in [1.54, 1.807) is 0 Å². The molecule has 0 radical (unpaired) electrons. The largest absolute Gasteiger partial charge is 0.480 e. The van der Waals surface area contributed by atoms with Crippen LogP contribution in [-0.2, 0) is 4.79 Å². The second-order valence-electron chi connectivity index (χ2n) is 2.91. The average molecular weight is 164 g/mol. The number of hydrogen-bond acceptors (Lipinski definition) is 2. The zero-order valence-corrected chi connectivity index (χ0v) is 6.23. The molecule has 2 N–H and O–H groups in total. The highest BCUT2D eigenvalue weighted by molar-refractivity contribution is 5.85. The number of hydrogen-bond donors (Lipinski definition) is 2. The number of carboxylic acids is 1. The van der Waals surface area contributed by atoms with Gasteiger partial charge in [0.1, 0.15) is 6.04 Å². The van der Waals surface area contributed by atoms with Gasteiger partial charge in [0.25, 0.3) is 0 Å². The van der Waals surface area contributed by atoms with Crippen LogP contribution >= 0.6 is 12.4 Å². The summed E-state index contributed by atoms with van der Waals surface area (Å²) >= 11 is 0. The van der Waals surface area contributed by atoms with Gasteiger partial charge < -0.3 is 10.4 Å². The molecule has 2 bridgehead atoms. The van der Waals surface area contributed by atoms with Crippen LogP contribution in [0, 0.1) is 5.92 Å². The van der Waals surface area contributed by atoms with Gasteiger partial charge in [-0.25, -0.2) is 0 Å². The molecule has 58 valence electrons. The number of carboxylic acid groups (broad SMARTS) is 1. The Balaban J connectivity index is 0.000000500. The van der Waals surface area contributed by atoms with Gasteiger partial charge in [-0.3, -0.25) is 4.79 Å². The third-order valence-corrected chi connectivity index (χ3v) is 2.33. The van der Waals surface area contributed by atoms with E-state index in [4.69, 9.17) is 5.11 Å². The Hall–Kier alpha value is -0.280. The van der Waals surface area contributed by atoms with E-state index in [1.807, 2.05) is 0 Å². The maximum Gasteiger partial charge on any atom is 0.320 e. The maximum absolute atomic E-state index is 10.4. The number of carbonyl (C=O) groups is 1. The average Bonchev–Trinajstić information content (AvgIpc) is 2.12. The van der Waals surface area contributed by atoms with E-state index in [1.165, 1.54) is 0 Å². The molecular formula is C6H10ClNO2. The maximum atomic E-state index is 10.4. The summed E-state index contributed by atoms with van der Waals surface area (Å²) in [7, 11) is 0. The molecule has 0 spiro atoms. The predicted octanol–water partition coefficient (Wildman–Crippen LogP) is 0.243. The quantitative estimate of drug-likeness (QED) is 0.583. The number of halogens is 1. The lowest BCUT2D eigenvalue weighted by atomic mass is 9.83. The molecule has 2 heterocycles. The molecule has 4 heteroatoms. The van der Waals surface area contributed by atoms with Gasteiger partial charge in [-0.2, -0.15) is 0 Å². The lowest BCUT2D eigenvalue weighted by Crippen LogP contribution is -2.30. The van der Waals surface area contributed by atoms with Gasteiger partial charge in [0, 0.05) is 6.04 Å². The Bertz CT molecular complexity index is 156. The van der Waals surface area contributed by atoms with Crippen LogP contribution in [0.15, 0.2) is 0 Å². The molecule has 1 unspecified atom stereocenters. The molecule has 2 saturated heterocycles. The monoisotopic (exact) mass is 163 g/mol. The lowest BCUT2D eigenvalue weighted by Gasteiger charge is -2.20. The van der Waals surface area contributed by atoms with Gasteiger partial charge in [-0.05, 0) is 18.8 Å². The highest BCUT2D eigenvalue weighted by Crippen LogP contribution is 2.37. The normalized spacial score (nSPS) is 41.8. The summed E-state index contributed by atoms with van der Waals surface area (Å²) in [5, 5.41) is 11.6. The zero-order chi connectivity index (χ0) is 6.43. The van der Waals surface area contributed by atoms with Crippen LogP contribution in [0.3, 0.4) is 0 Å². The summed E-state index contributed by atoms with van der Waals surface area (Å²) in [6.45, 7) is 0. The van der Waals surface area contributed by atoms with Crippen molar-refractivity contribution in [1.29, 1.82) is 0 Å². The summed E-state index contributed by atoms with van der Waals surface area (Å²) in [5.74, 6) is -0.243. The Labute approximate surface area is 65.2 Å². The van der Waals surface area contributed by atoms with Gasteiger partial charge in [-0.1, -0.05) is 0 Å². The van der Waals surface area contributed by atoms with Crippen LogP contribution in [-0.4, -0.2) is 23.2 Å². The summed E-state index contributed by atoms with van der Waals surface area (Å²) in [4.78, 5) is 10.4. The van der Waals surface area contributed by atoms with Crippen LogP contribution in [0.25, 0.3) is 0 Å². The standard InChI is InChI=1S/C6H9NO2.ClH/c8-6(9)5-3-1-4(2-3)7-5;/h3-5,7H,1-2H2,(H,8,9);1H. The predicted molar refractivity (Wildman–Crippen MR) is 38.3 cm³/mol. The minimum absolute atomic E-state index is 0. The van der Waals surface area contributed by atoms with E-state index in [2.05, 4.69) is 5.32 Å². The topological polar surface area (TPSA) is 49.3 Å². The highest BCUT2D eigenvalue weighted by atomic mass is 35.5. The van der Waals surface area contributed by atoms with E-state index < -0.39 is 5.97 Å². The minimum atomic E-state index is -0.681. The van der Waals surface area contributed by atoms with Crippen LogP contribution in [0.2, 0.25) is 0 Å². The Morgan fingerprint density at radius 2 is 2.10 bits per heavy atom. The summed E-state index contributed by atoms with van der Waals surface area (Å²) in [5.41, 5.74) is 0. The van der Waals surface area contributed by atoms with E-state index in [0.29, 0.717) is 12.0 Å². The molecule has 3 nitrogen and oxygen atoms in total. The van der Waals surface area contributed by atoms with E-state index >= 15 is 0 Å². The SMILES string of the molecule is Cl.O=C(O)C1NC2CC1C2. The van der Waals surface area contributed by atoms with Gasteiger partial charge in [0.15, 0.2) is 0 Å². The number of fused-ring (bicyclic) bond motifs is 1. The molecular weight excluding hydrogens is 154 g/mol. The van der Waals surface area contributed by atoms with Crippen LogP contribution in [0.4, 0.5) is 0 Å². The molecule has 10 heavy (non-hydrogen) atoms. The second-order valence-corrected chi connectivity index (χ2v) is 2.91. The number of aliphatic carboxylic acids is 1. The van der Waals surface area contributed by atoms with Crippen molar-refractivity contribution in [3.8, 4) is 0 Å². The molecule has 0 aromatic rings. The Kier molecular flexibility index (Phi) is 1.88. The molecule has 3 aliphatic rings. The third-order valence-electron chi connectivity index (χ3n) is 2.33. The van der Waals surface area contributed by atoms with Crippen molar-refractivity contribution in [3.05, 3.63) is 0 Å². The van der Waals surface area contributed by atoms with Gasteiger partial charge in [-0.15, -0.1) is 12.4 Å². The number of nitrogens with one attached hydrogen (secondary N) is 1. The van der Waals surface area contributed by atoms with Crippen LogP contribution in [0.5, 0.6) is 0 Å². The van der Waals surface area contributed by atoms with Gasteiger partial charge in [0.05, 0.1) is 0 Å². The Morgan fingerprint density at radius 3 is 2.30 bits per heavy atom. The van der Waals surface area contributed by atoms with E-state index in [9.17, 15) is 4.79 Å². The van der Waals surface area contributed by atoms with Crippen molar-refractivity contribution in [1.82, 2.24) is 5.32 Å². The summed E-state index contributed by atoms with van der Waals surface area (Å²) in [6, 6.07) is 0.297. The van der Waals surface area contributed by atoms with Crippen molar-refractivity contribution in [2.45, 2.75) is 24.9 Å². The molecule has 1 saturated carbocycles. The third kappa shape index (κ3) is 0.896. The van der Waals surface area contributed by atoms with Crippen molar-refractivity contribution in [2.75, 3.05) is 0 Å². The highest BCUT2D eigenvalue weighted by Gasteiger charge is 2.47. The number of rotatable bonds is 1. The first-order valence-corrected chi connectivity index (χ1v) is 3.26. The first-order chi connectivity index (χ1) is 4.27. The molecule has 3 fully saturated rings. The van der Waals surface area contributed by atoms with E-state index in [0.717, 1.165) is 12.8 Å². The van der Waals surface area contributed by atoms with Crippen molar-refractivity contribution in [2.24, 2.45) is 5.92 Å². The van der Waals surface area contributed by atoms with Crippen molar-refractivity contribution >= 4 is 18.4 Å². The van der Waals surface area contributed by atoms with Gasteiger partial charge >= 0.3 is 5.97 Å². The summed E-state index contributed by atoms with van der Waals surface area (Å²) < 4.78 is 0. The first-order valence-electron chi connectivity index (χ1n) is 3.26. The summed E-state index contributed by atoms with van der Waals surface area (Å²) in [6.07, 6.45) is 2.16. The van der Waals surface area contributed by atoms with Crippen molar-refractivity contribution < 1.29 is 9.90 Å². The zero-order valence-electron chi connectivity index (χ0n) is 5.41. The smallest absolute Gasteiger partial charge is 0.320 e. The van der Waals surface area contributed by atoms with Gasteiger partial charge in [0.2, 0.25) is 0 Å². The Morgan fingerprint density at radius 1 is 1.50 bits per heavy atom. The minimum Gasteiger partial charge on any atom is -0.480 e. The van der Waals surface area contributed by atoms with Crippen molar-refractivity contribution in [3.63, 3.8) is 0 Å². The fourth-order valence-corrected chi connectivity index (χ4v) is 1.73. The van der Waals surface area contributed by atoms with E-state index in [-0.39, 0.29) is 18.4 Å². The second kappa shape index (κ2) is 2.40. The molecule has 0 aromatic carbocycles. The molecule has 0 amide bonds. The fraction of sp³-hybridized carbons (Fsp3) is 0.833. The molecule has 3 rings (SSSR count). The molecule has 1 atom stereocenters. The van der Waals surface area contributed by atoms with Crippen LogP contribution < -0.4 is 5.32 Å². The fourth-order valence-electron chi connectivity index (χ4n) is 1.73. The lowest BCUT2D eigenvalue weighted by molar-refractivity contribution is -0.139. The molecule has 1 aliphatic carbocycles. The first kappa shape index (κ1) is 7.82.